The number of nitrogens with zero attached hydrogens (tertiary/aromatic N) is 4. The monoisotopic (exact) mass is 324 g/mol. The molecule has 1 aliphatic heterocycles. The fraction of sp³-hybridized carbons (Fsp3) is 0.389. The summed E-state index contributed by atoms with van der Waals surface area (Å²) in [4.78, 5) is 18.9. The van der Waals surface area contributed by atoms with E-state index < -0.39 is 0 Å². The maximum atomic E-state index is 12.7. The molecule has 0 radical (unpaired) electrons. The van der Waals surface area contributed by atoms with Crippen molar-refractivity contribution in [2.75, 3.05) is 13.1 Å². The van der Waals surface area contributed by atoms with Gasteiger partial charge in [-0.2, -0.15) is 4.98 Å². The third kappa shape index (κ3) is 2.58. The molecule has 1 aliphatic rings. The zero-order chi connectivity index (χ0) is 16.7. The van der Waals surface area contributed by atoms with E-state index in [4.69, 9.17) is 4.52 Å². The normalized spacial score (nSPS) is 17.8. The van der Waals surface area contributed by atoms with Crippen molar-refractivity contribution in [2.45, 2.75) is 32.7 Å². The minimum atomic E-state index is 0.137. The third-order valence-corrected chi connectivity index (χ3v) is 4.74. The highest BCUT2D eigenvalue weighted by molar-refractivity contribution is 5.84. The molecule has 1 atom stereocenters. The van der Waals surface area contributed by atoms with Gasteiger partial charge in [0.25, 0.3) is 0 Å². The molecule has 4 rings (SSSR count). The van der Waals surface area contributed by atoms with Crippen molar-refractivity contribution < 1.29 is 9.32 Å². The number of rotatable bonds is 3. The van der Waals surface area contributed by atoms with Crippen LogP contribution >= 0.6 is 0 Å². The molecule has 0 N–H and O–H groups in total. The number of likely N-dealkylation sites (tertiary alicyclic amines) is 1. The van der Waals surface area contributed by atoms with E-state index in [9.17, 15) is 4.79 Å². The molecule has 1 unspecified atom stereocenters. The van der Waals surface area contributed by atoms with Crippen molar-refractivity contribution >= 4 is 16.8 Å². The predicted octanol–water partition coefficient (Wildman–Crippen LogP) is 2.66. The molecule has 0 spiro atoms. The zero-order valence-electron chi connectivity index (χ0n) is 13.9. The molecule has 124 valence electrons. The first-order valence-electron chi connectivity index (χ1n) is 8.24. The van der Waals surface area contributed by atoms with E-state index in [1.165, 1.54) is 5.39 Å². The van der Waals surface area contributed by atoms with Gasteiger partial charge in [0.15, 0.2) is 5.82 Å². The minimum absolute atomic E-state index is 0.137. The molecule has 24 heavy (non-hydrogen) atoms. The van der Waals surface area contributed by atoms with Crippen LogP contribution in [0.3, 0.4) is 0 Å². The Labute approximate surface area is 140 Å². The van der Waals surface area contributed by atoms with Crippen molar-refractivity contribution in [1.29, 1.82) is 0 Å². The Morgan fingerprint density at radius 1 is 1.33 bits per heavy atom. The van der Waals surface area contributed by atoms with Gasteiger partial charge in [0.1, 0.15) is 6.54 Å². The molecule has 1 saturated heterocycles. The second kappa shape index (κ2) is 5.78. The number of carbonyl (C=O) groups excluding carboxylic acids is 1. The fourth-order valence-electron chi connectivity index (χ4n) is 3.46. The Bertz CT molecular complexity index is 895. The number of carbonyl (C=O) groups is 1. The highest BCUT2D eigenvalue weighted by atomic mass is 16.5. The molecule has 3 aromatic rings. The summed E-state index contributed by atoms with van der Waals surface area (Å²) in [6.45, 7) is 5.61. The zero-order valence-corrected chi connectivity index (χ0v) is 13.9. The lowest BCUT2D eigenvalue weighted by Crippen LogP contribution is -2.32. The summed E-state index contributed by atoms with van der Waals surface area (Å²) in [5, 5.41) is 5.01. The summed E-state index contributed by atoms with van der Waals surface area (Å²) in [6.07, 6.45) is 0.874. The van der Waals surface area contributed by atoms with Crippen LogP contribution < -0.4 is 0 Å². The van der Waals surface area contributed by atoms with Crippen LogP contribution in [0.1, 0.15) is 29.7 Å². The lowest BCUT2D eigenvalue weighted by Gasteiger charge is -2.17. The largest absolute Gasteiger partial charge is 0.340 e. The average molecular weight is 324 g/mol. The number of para-hydroxylation sites is 1. The summed E-state index contributed by atoms with van der Waals surface area (Å²) in [5.41, 5.74) is 2.21. The molecule has 0 saturated carbocycles. The summed E-state index contributed by atoms with van der Waals surface area (Å²) in [7, 11) is 0. The SMILES string of the molecule is Cc1noc(C2CCN(C(=O)Cn3c(C)cc4ccccc43)C2)n1. The van der Waals surface area contributed by atoms with Gasteiger partial charge >= 0.3 is 0 Å². The van der Waals surface area contributed by atoms with Crippen LogP contribution in [-0.2, 0) is 11.3 Å². The summed E-state index contributed by atoms with van der Waals surface area (Å²) in [5.74, 6) is 1.57. The first kappa shape index (κ1) is 14.9. The number of fused-ring (bicyclic) bond motifs is 1. The fourth-order valence-corrected chi connectivity index (χ4v) is 3.46. The molecule has 6 heteroatoms. The van der Waals surface area contributed by atoms with Gasteiger partial charge in [0, 0.05) is 24.3 Å². The molecule has 6 nitrogen and oxygen atoms in total. The maximum Gasteiger partial charge on any atom is 0.242 e. The highest BCUT2D eigenvalue weighted by Crippen LogP contribution is 2.26. The third-order valence-electron chi connectivity index (χ3n) is 4.74. The van der Waals surface area contributed by atoms with Gasteiger partial charge in [-0.15, -0.1) is 0 Å². The second-order valence-corrected chi connectivity index (χ2v) is 6.44. The van der Waals surface area contributed by atoms with Gasteiger partial charge in [-0.05, 0) is 37.8 Å². The Morgan fingerprint density at radius 2 is 2.17 bits per heavy atom. The Balaban J connectivity index is 1.49. The number of aryl methyl sites for hydroxylation is 2. The summed E-state index contributed by atoms with van der Waals surface area (Å²) >= 11 is 0. The molecule has 0 bridgehead atoms. The molecular weight excluding hydrogens is 304 g/mol. The molecular formula is C18H20N4O2. The van der Waals surface area contributed by atoms with Crippen molar-refractivity contribution in [3.05, 3.63) is 47.7 Å². The first-order chi connectivity index (χ1) is 11.6. The van der Waals surface area contributed by atoms with Crippen molar-refractivity contribution in [3.63, 3.8) is 0 Å². The van der Waals surface area contributed by atoms with E-state index in [1.807, 2.05) is 30.9 Å². The Morgan fingerprint density at radius 3 is 2.96 bits per heavy atom. The van der Waals surface area contributed by atoms with E-state index in [-0.39, 0.29) is 11.8 Å². The van der Waals surface area contributed by atoms with Crippen LogP contribution in [0.4, 0.5) is 0 Å². The summed E-state index contributed by atoms with van der Waals surface area (Å²) in [6, 6.07) is 10.3. The van der Waals surface area contributed by atoms with E-state index in [0.717, 1.165) is 24.2 Å². The first-order valence-corrected chi connectivity index (χ1v) is 8.24. The van der Waals surface area contributed by atoms with E-state index in [0.29, 0.717) is 24.8 Å². The van der Waals surface area contributed by atoms with Crippen LogP contribution in [0.5, 0.6) is 0 Å². The van der Waals surface area contributed by atoms with Gasteiger partial charge in [0.2, 0.25) is 11.8 Å². The van der Waals surface area contributed by atoms with Gasteiger partial charge in [-0.3, -0.25) is 4.79 Å². The number of benzene rings is 1. The van der Waals surface area contributed by atoms with Gasteiger partial charge in [0.05, 0.1) is 5.92 Å². The standard InChI is InChI=1S/C18H20N4O2/c1-12-9-14-5-3-4-6-16(14)22(12)11-17(23)21-8-7-15(10-21)18-19-13(2)20-24-18/h3-6,9,15H,7-8,10-11H2,1-2H3. The quantitative estimate of drug-likeness (QED) is 0.743. The van der Waals surface area contributed by atoms with E-state index in [2.05, 4.69) is 32.9 Å². The smallest absolute Gasteiger partial charge is 0.242 e. The number of hydrogen-bond donors (Lipinski definition) is 0. The van der Waals surface area contributed by atoms with Gasteiger partial charge in [-0.1, -0.05) is 23.4 Å². The topological polar surface area (TPSA) is 64.2 Å². The average Bonchev–Trinajstić information content (AvgIpc) is 3.27. The van der Waals surface area contributed by atoms with Crippen molar-refractivity contribution in [2.24, 2.45) is 0 Å². The van der Waals surface area contributed by atoms with Gasteiger partial charge in [-0.25, -0.2) is 0 Å². The van der Waals surface area contributed by atoms with Crippen LogP contribution in [0.25, 0.3) is 10.9 Å². The highest BCUT2D eigenvalue weighted by Gasteiger charge is 2.31. The predicted molar refractivity (Wildman–Crippen MR) is 89.6 cm³/mol. The maximum absolute atomic E-state index is 12.7. The molecule has 2 aromatic heterocycles. The van der Waals surface area contributed by atoms with Crippen molar-refractivity contribution in [1.82, 2.24) is 19.6 Å². The second-order valence-electron chi connectivity index (χ2n) is 6.44. The van der Waals surface area contributed by atoms with Crippen LogP contribution in [0.15, 0.2) is 34.9 Å². The van der Waals surface area contributed by atoms with E-state index >= 15 is 0 Å². The number of amides is 1. The van der Waals surface area contributed by atoms with Crippen LogP contribution in [0, 0.1) is 13.8 Å². The number of aromatic nitrogens is 3. The Kier molecular flexibility index (Phi) is 3.59. The minimum Gasteiger partial charge on any atom is -0.340 e. The summed E-state index contributed by atoms with van der Waals surface area (Å²) < 4.78 is 7.34. The lowest BCUT2D eigenvalue weighted by molar-refractivity contribution is -0.130. The molecule has 1 amide bonds. The van der Waals surface area contributed by atoms with Crippen LogP contribution in [-0.4, -0.2) is 38.6 Å². The van der Waals surface area contributed by atoms with Gasteiger partial charge < -0.3 is 14.0 Å². The molecule has 3 heterocycles. The van der Waals surface area contributed by atoms with Crippen LogP contribution in [0.2, 0.25) is 0 Å². The molecule has 1 fully saturated rings. The lowest BCUT2D eigenvalue weighted by atomic mass is 10.1. The van der Waals surface area contributed by atoms with E-state index in [1.54, 1.807) is 0 Å². The molecule has 0 aliphatic carbocycles. The van der Waals surface area contributed by atoms with Crippen molar-refractivity contribution in [3.8, 4) is 0 Å². The molecule has 1 aromatic carbocycles. The Hall–Kier alpha value is -2.63. The number of hydrogen-bond acceptors (Lipinski definition) is 4.